The van der Waals surface area contributed by atoms with Crippen molar-refractivity contribution < 1.29 is 24.0 Å². The van der Waals surface area contributed by atoms with Crippen molar-refractivity contribution >= 4 is 29.7 Å². The standard InChI is InChI=1S/C18H22N6O6/c1-3-4-8-30-17-20-15(19)14(24(27)28)16(21-17)23(22-18(26)29-2)10-12-6-5-7-13(9-12)11-25/h5-7,9,11H,3-4,8,10H2,1-2H3,(H,22,26)(H2,19,20,21). The van der Waals surface area contributed by atoms with Gasteiger partial charge in [-0.05, 0) is 18.1 Å². The van der Waals surface area contributed by atoms with Gasteiger partial charge >= 0.3 is 17.8 Å². The molecule has 12 nitrogen and oxygen atoms in total. The second-order valence-corrected chi connectivity index (χ2v) is 6.08. The van der Waals surface area contributed by atoms with Gasteiger partial charge in [0.2, 0.25) is 11.6 Å². The van der Waals surface area contributed by atoms with Crippen molar-refractivity contribution in [3.63, 3.8) is 0 Å². The van der Waals surface area contributed by atoms with E-state index in [1.54, 1.807) is 24.3 Å². The average molecular weight is 418 g/mol. The lowest BCUT2D eigenvalue weighted by Crippen LogP contribution is -2.43. The van der Waals surface area contributed by atoms with E-state index < -0.39 is 22.5 Å². The van der Waals surface area contributed by atoms with Crippen LogP contribution in [-0.2, 0) is 11.3 Å². The van der Waals surface area contributed by atoms with Crippen LogP contribution in [0.1, 0.15) is 35.7 Å². The molecule has 0 unspecified atom stereocenters. The number of rotatable bonds is 10. The predicted octanol–water partition coefficient (Wildman–Crippen LogP) is 2.24. The van der Waals surface area contributed by atoms with Gasteiger partial charge in [0.1, 0.15) is 6.29 Å². The Morgan fingerprint density at radius 1 is 1.40 bits per heavy atom. The molecule has 0 bridgehead atoms. The van der Waals surface area contributed by atoms with Crippen molar-refractivity contribution in [2.75, 3.05) is 24.5 Å². The van der Waals surface area contributed by atoms with Crippen LogP contribution in [0.5, 0.6) is 6.01 Å². The molecule has 0 atom stereocenters. The van der Waals surface area contributed by atoms with Crippen LogP contribution in [0.2, 0.25) is 0 Å². The highest BCUT2D eigenvalue weighted by molar-refractivity contribution is 5.76. The van der Waals surface area contributed by atoms with E-state index in [1.807, 2.05) is 6.92 Å². The van der Waals surface area contributed by atoms with Gasteiger partial charge in [0.05, 0.1) is 25.2 Å². The number of nitro groups is 1. The third-order valence-corrected chi connectivity index (χ3v) is 3.88. The number of ether oxygens (including phenoxy) is 2. The summed E-state index contributed by atoms with van der Waals surface area (Å²) in [5, 5.41) is 12.7. The molecule has 0 saturated carbocycles. The number of carbonyl (C=O) groups is 2. The van der Waals surface area contributed by atoms with E-state index in [9.17, 15) is 19.7 Å². The van der Waals surface area contributed by atoms with E-state index in [-0.39, 0.29) is 18.4 Å². The largest absolute Gasteiger partial charge is 0.463 e. The molecule has 1 heterocycles. The number of aromatic nitrogens is 2. The third kappa shape index (κ3) is 5.77. The van der Waals surface area contributed by atoms with Gasteiger partial charge in [-0.2, -0.15) is 9.97 Å². The number of anilines is 2. The van der Waals surface area contributed by atoms with E-state index in [1.165, 1.54) is 0 Å². The maximum atomic E-state index is 11.9. The normalized spacial score (nSPS) is 10.2. The summed E-state index contributed by atoms with van der Waals surface area (Å²) in [6.45, 7) is 2.18. The quantitative estimate of drug-likeness (QED) is 0.253. The van der Waals surface area contributed by atoms with Crippen LogP contribution < -0.4 is 20.9 Å². The number of nitrogens with one attached hydrogen (secondary N) is 1. The number of nitrogens with two attached hydrogens (primary N) is 1. The fourth-order valence-electron chi connectivity index (χ4n) is 2.45. The van der Waals surface area contributed by atoms with Crippen molar-refractivity contribution in [3.8, 4) is 6.01 Å². The zero-order valence-electron chi connectivity index (χ0n) is 16.5. The Morgan fingerprint density at radius 3 is 2.80 bits per heavy atom. The summed E-state index contributed by atoms with van der Waals surface area (Å²) in [7, 11) is 1.14. The molecule has 160 valence electrons. The molecule has 0 saturated heterocycles. The van der Waals surface area contributed by atoms with Gasteiger partial charge in [-0.15, -0.1) is 0 Å². The minimum Gasteiger partial charge on any atom is -0.463 e. The Balaban J connectivity index is 2.51. The minimum absolute atomic E-state index is 0.0809. The Bertz CT molecular complexity index is 922. The number of nitrogen functional groups attached to an aromatic ring is 1. The summed E-state index contributed by atoms with van der Waals surface area (Å²) in [6, 6.07) is 6.30. The molecule has 3 N–H and O–H groups in total. The molecule has 1 aromatic heterocycles. The summed E-state index contributed by atoms with van der Waals surface area (Å²) in [4.78, 5) is 41.7. The lowest BCUT2D eigenvalue weighted by atomic mass is 10.1. The van der Waals surface area contributed by atoms with Gasteiger partial charge in [-0.3, -0.25) is 19.9 Å². The number of methoxy groups -OCH3 is 1. The van der Waals surface area contributed by atoms with Crippen LogP contribution >= 0.6 is 0 Å². The smallest absolute Gasteiger partial charge is 0.425 e. The molecule has 30 heavy (non-hydrogen) atoms. The molecule has 1 aromatic carbocycles. The van der Waals surface area contributed by atoms with E-state index in [0.29, 0.717) is 24.0 Å². The van der Waals surface area contributed by atoms with Crippen LogP contribution in [0.4, 0.5) is 22.1 Å². The molecule has 0 radical (unpaired) electrons. The SMILES string of the molecule is CCCCOc1nc(N)c([N+](=O)[O-])c(N(Cc2cccc(C=O)c2)NC(=O)OC)n1. The first-order chi connectivity index (χ1) is 14.4. The Morgan fingerprint density at radius 2 is 2.17 bits per heavy atom. The molecule has 0 aliphatic carbocycles. The van der Waals surface area contributed by atoms with Crippen molar-refractivity contribution in [1.29, 1.82) is 0 Å². The monoisotopic (exact) mass is 418 g/mol. The van der Waals surface area contributed by atoms with Crippen LogP contribution in [0, 0.1) is 10.1 Å². The number of nitrogens with zero attached hydrogens (tertiary/aromatic N) is 4. The lowest BCUT2D eigenvalue weighted by Gasteiger charge is -2.24. The van der Waals surface area contributed by atoms with Gasteiger partial charge < -0.3 is 15.2 Å². The van der Waals surface area contributed by atoms with Crippen LogP contribution in [0.15, 0.2) is 24.3 Å². The molecule has 1 amide bonds. The topological polar surface area (TPSA) is 163 Å². The van der Waals surface area contributed by atoms with Gasteiger partial charge in [0, 0.05) is 5.56 Å². The van der Waals surface area contributed by atoms with Crippen molar-refractivity contribution in [2.45, 2.75) is 26.3 Å². The first kappa shape index (κ1) is 22.3. The minimum atomic E-state index is -0.888. The van der Waals surface area contributed by atoms with Gasteiger partial charge in [0.25, 0.3) is 0 Å². The number of carbonyl (C=O) groups excluding carboxylic acids is 2. The molecule has 12 heteroatoms. The van der Waals surface area contributed by atoms with Crippen molar-refractivity contribution in [1.82, 2.24) is 15.4 Å². The number of benzene rings is 1. The number of hydrogen-bond acceptors (Lipinski definition) is 10. The molecule has 0 aliphatic rings. The number of amides is 1. The molecular formula is C18H22N6O6. The Hall–Kier alpha value is -3.96. The van der Waals surface area contributed by atoms with E-state index in [4.69, 9.17) is 10.5 Å². The highest BCUT2D eigenvalue weighted by atomic mass is 16.6. The summed E-state index contributed by atoms with van der Waals surface area (Å²) in [6.07, 6.45) is 1.35. The van der Waals surface area contributed by atoms with Crippen molar-refractivity contribution in [2.24, 2.45) is 0 Å². The molecule has 0 fully saturated rings. The second-order valence-electron chi connectivity index (χ2n) is 6.08. The van der Waals surface area contributed by atoms with Gasteiger partial charge in [-0.1, -0.05) is 31.5 Å². The molecule has 2 rings (SSSR count). The summed E-state index contributed by atoms with van der Waals surface area (Å²) >= 11 is 0. The maximum absolute atomic E-state index is 11.9. The molecule has 0 spiro atoms. The van der Waals surface area contributed by atoms with E-state index >= 15 is 0 Å². The molecule has 0 aliphatic heterocycles. The van der Waals surface area contributed by atoms with Crippen LogP contribution in [-0.4, -0.2) is 41.0 Å². The first-order valence-corrected chi connectivity index (χ1v) is 9.00. The Labute approximate surface area is 172 Å². The summed E-state index contributed by atoms with van der Waals surface area (Å²) < 4.78 is 10.0. The third-order valence-electron chi connectivity index (χ3n) is 3.88. The number of hydrazine groups is 1. The number of hydrogen-bond donors (Lipinski definition) is 2. The fraction of sp³-hybridized carbons (Fsp3) is 0.333. The van der Waals surface area contributed by atoms with E-state index in [2.05, 4.69) is 20.1 Å². The lowest BCUT2D eigenvalue weighted by molar-refractivity contribution is -0.383. The van der Waals surface area contributed by atoms with Crippen LogP contribution in [0.3, 0.4) is 0 Å². The number of unbranched alkanes of at least 4 members (excludes halogenated alkanes) is 1. The molecule has 2 aromatic rings. The fourth-order valence-corrected chi connectivity index (χ4v) is 2.45. The zero-order valence-corrected chi connectivity index (χ0v) is 16.5. The highest BCUT2D eigenvalue weighted by Crippen LogP contribution is 2.32. The Kier molecular flexibility index (Phi) is 7.85. The van der Waals surface area contributed by atoms with Gasteiger partial charge in [-0.25, -0.2) is 10.2 Å². The summed E-state index contributed by atoms with van der Waals surface area (Å²) in [5.74, 6) is -0.712. The number of aldehydes is 1. The average Bonchev–Trinajstić information content (AvgIpc) is 2.72. The van der Waals surface area contributed by atoms with E-state index in [0.717, 1.165) is 25.0 Å². The van der Waals surface area contributed by atoms with Crippen molar-refractivity contribution in [3.05, 3.63) is 45.5 Å². The zero-order chi connectivity index (χ0) is 22.1. The maximum Gasteiger partial charge on any atom is 0.425 e. The molecular weight excluding hydrogens is 396 g/mol. The first-order valence-electron chi connectivity index (χ1n) is 9.00. The summed E-state index contributed by atoms with van der Waals surface area (Å²) in [5.41, 5.74) is 8.49. The predicted molar refractivity (Wildman–Crippen MR) is 107 cm³/mol. The second kappa shape index (κ2) is 10.5. The van der Waals surface area contributed by atoms with Gasteiger partial charge in [0.15, 0.2) is 0 Å². The highest BCUT2D eigenvalue weighted by Gasteiger charge is 2.29. The van der Waals surface area contributed by atoms with Crippen LogP contribution in [0.25, 0.3) is 0 Å².